The maximum absolute atomic E-state index is 12.3. The van der Waals surface area contributed by atoms with Crippen LogP contribution in [-0.4, -0.2) is 27.2 Å². The average Bonchev–Trinajstić information content (AvgIpc) is 2.85. The first kappa shape index (κ1) is 15.0. The predicted molar refractivity (Wildman–Crippen MR) is 77.6 cm³/mol. The van der Waals surface area contributed by atoms with E-state index in [2.05, 4.69) is 20.7 Å². The summed E-state index contributed by atoms with van der Waals surface area (Å²) in [7, 11) is -3.49. The molecule has 1 N–H and O–H groups in total. The zero-order chi connectivity index (χ0) is 14.0. The fraction of sp³-hybridized carbons (Fsp3) is 0.538. The minimum Gasteiger partial charge on any atom is -0.377 e. The number of aryl methyl sites for hydroxylation is 1. The van der Waals surface area contributed by atoms with E-state index in [0.29, 0.717) is 6.61 Å². The fourth-order valence-electron chi connectivity index (χ4n) is 2.17. The number of hydrogen-bond acceptors (Lipinski definition) is 3. The second kappa shape index (κ2) is 5.91. The summed E-state index contributed by atoms with van der Waals surface area (Å²) in [6, 6.07) is 4.80. The molecule has 1 aromatic carbocycles. The van der Waals surface area contributed by atoms with Crippen molar-refractivity contribution < 1.29 is 13.2 Å². The van der Waals surface area contributed by atoms with Crippen molar-refractivity contribution in [2.75, 3.05) is 6.61 Å². The zero-order valence-corrected chi connectivity index (χ0v) is 13.4. The first-order chi connectivity index (χ1) is 8.90. The first-order valence-corrected chi connectivity index (χ1v) is 8.58. The van der Waals surface area contributed by atoms with Crippen LogP contribution >= 0.6 is 15.9 Å². The van der Waals surface area contributed by atoms with Gasteiger partial charge in [-0.3, -0.25) is 0 Å². The molecule has 0 radical (unpaired) electrons. The molecule has 1 aliphatic heterocycles. The largest absolute Gasteiger partial charge is 0.377 e. The Balaban J connectivity index is 2.15. The minimum absolute atomic E-state index is 0.0219. The predicted octanol–water partition coefficient (Wildman–Crippen LogP) is 2.60. The molecule has 1 fully saturated rings. The quantitative estimate of drug-likeness (QED) is 0.910. The van der Waals surface area contributed by atoms with Gasteiger partial charge in [-0.1, -0.05) is 15.9 Å². The molecule has 106 valence electrons. The molecule has 1 aliphatic rings. The Hall–Kier alpha value is -0.430. The van der Waals surface area contributed by atoms with Gasteiger partial charge in [0.1, 0.15) is 0 Å². The summed E-state index contributed by atoms with van der Waals surface area (Å²) in [6.07, 6.45) is 1.88. The van der Waals surface area contributed by atoms with Gasteiger partial charge in [-0.15, -0.1) is 0 Å². The number of ether oxygens (including phenoxy) is 1. The van der Waals surface area contributed by atoms with Crippen LogP contribution in [0, 0.1) is 6.92 Å². The summed E-state index contributed by atoms with van der Waals surface area (Å²) in [6.45, 7) is 4.43. The molecule has 0 aliphatic carbocycles. The van der Waals surface area contributed by atoms with E-state index in [0.717, 1.165) is 22.9 Å². The monoisotopic (exact) mass is 347 g/mol. The third kappa shape index (κ3) is 3.56. The lowest BCUT2D eigenvalue weighted by atomic mass is 10.1. The standard InChI is InChI=1S/C13H18BrNO3S/c1-9-8-11(5-6-12(9)14)19(16,17)15-10(2)13-4-3-7-18-13/h5-6,8,10,13,15H,3-4,7H2,1-2H3. The van der Waals surface area contributed by atoms with Crippen LogP contribution in [0.4, 0.5) is 0 Å². The molecule has 0 bridgehead atoms. The molecule has 0 saturated carbocycles. The van der Waals surface area contributed by atoms with E-state index in [9.17, 15) is 8.42 Å². The second-order valence-corrected chi connectivity index (χ2v) is 7.44. The van der Waals surface area contributed by atoms with Gasteiger partial charge >= 0.3 is 0 Å². The lowest BCUT2D eigenvalue weighted by Crippen LogP contribution is -2.40. The van der Waals surface area contributed by atoms with Gasteiger partial charge < -0.3 is 4.74 Å². The molecule has 0 spiro atoms. The van der Waals surface area contributed by atoms with Gasteiger partial charge in [-0.25, -0.2) is 13.1 Å². The molecule has 2 rings (SSSR count). The van der Waals surface area contributed by atoms with Crippen molar-refractivity contribution in [2.24, 2.45) is 0 Å². The van der Waals surface area contributed by atoms with Crippen LogP contribution in [0.25, 0.3) is 0 Å². The van der Waals surface area contributed by atoms with E-state index in [1.165, 1.54) is 0 Å². The van der Waals surface area contributed by atoms with Gasteiger partial charge in [-0.05, 0) is 50.5 Å². The van der Waals surface area contributed by atoms with Gasteiger partial charge in [0.2, 0.25) is 10.0 Å². The van der Waals surface area contributed by atoms with Crippen molar-refractivity contribution in [3.63, 3.8) is 0 Å². The highest BCUT2D eigenvalue weighted by Crippen LogP contribution is 2.21. The Morgan fingerprint density at radius 3 is 2.79 bits per heavy atom. The summed E-state index contributed by atoms with van der Waals surface area (Å²) in [5, 5.41) is 0. The Labute approximate surface area is 122 Å². The lowest BCUT2D eigenvalue weighted by molar-refractivity contribution is 0.0902. The number of sulfonamides is 1. The van der Waals surface area contributed by atoms with E-state index in [1.807, 2.05) is 13.8 Å². The third-order valence-corrected chi connectivity index (χ3v) is 5.75. The fourth-order valence-corrected chi connectivity index (χ4v) is 3.77. The SMILES string of the molecule is Cc1cc(S(=O)(=O)NC(C)C2CCCO2)ccc1Br. The van der Waals surface area contributed by atoms with Gasteiger partial charge in [0.05, 0.1) is 11.0 Å². The first-order valence-electron chi connectivity index (χ1n) is 6.30. The van der Waals surface area contributed by atoms with E-state index in [-0.39, 0.29) is 17.0 Å². The lowest BCUT2D eigenvalue weighted by Gasteiger charge is -2.20. The van der Waals surface area contributed by atoms with Crippen molar-refractivity contribution in [1.29, 1.82) is 0 Å². The smallest absolute Gasteiger partial charge is 0.240 e. The van der Waals surface area contributed by atoms with Gasteiger partial charge in [-0.2, -0.15) is 0 Å². The van der Waals surface area contributed by atoms with E-state index in [4.69, 9.17) is 4.74 Å². The molecule has 1 saturated heterocycles. The summed E-state index contributed by atoms with van der Waals surface area (Å²) >= 11 is 3.37. The molecule has 0 aromatic heterocycles. The van der Waals surface area contributed by atoms with Crippen molar-refractivity contribution in [1.82, 2.24) is 4.72 Å². The minimum atomic E-state index is -3.49. The van der Waals surface area contributed by atoms with Crippen LogP contribution < -0.4 is 4.72 Å². The second-order valence-electron chi connectivity index (χ2n) is 4.87. The number of nitrogens with one attached hydrogen (secondary N) is 1. The highest BCUT2D eigenvalue weighted by molar-refractivity contribution is 9.10. The Morgan fingerprint density at radius 1 is 1.47 bits per heavy atom. The van der Waals surface area contributed by atoms with Crippen LogP contribution in [0.3, 0.4) is 0 Å². The Kier molecular flexibility index (Phi) is 4.66. The molecule has 4 nitrogen and oxygen atoms in total. The van der Waals surface area contributed by atoms with Gasteiger partial charge in [0.15, 0.2) is 0 Å². The molecule has 0 amide bonds. The molecular formula is C13H18BrNO3S. The highest BCUT2D eigenvalue weighted by atomic mass is 79.9. The highest BCUT2D eigenvalue weighted by Gasteiger charge is 2.27. The molecule has 1 aromatic rings. The van der Waals surface area contributed by atoms with Gasteiger partial charge in [0, 0.05) is 17.1 Å². The summed E-state index contributed by atoms with van der Waals surface area (Å²) in [4.78, 5) is 0.290. The summed E-state index contributed by atoms with van der Waals surface area (Å²) in [5.41, 5.74) is 0.896. The Bertz CT molecular complexity index is 553. The molecule has 6 heteroatoms. The topological polar surface area (TPSA) is 55.4 Å². The zero-order valence-electron chi connectivity index (χ0n) is 11.0. The average molecular weight is 348 g/mol. The molecular weight excluding hydrogens is 330 g/mol. The maximum Gasteiger partial charge on any atom is 0.240 e. The Morgan fingerprint density at radius 2 is 2.21 bits per heavy atom. The van der Waals surface area contributed by atoms with E-state index < -0.39 is 10.0 Å². The molecule has 2 unspecified atom stereocenters. The molecule has 2 atom stereocenters. The number of benzene rings is 1. The van der Waals surface area contributed by atoms with Crippen molar-refractivity contribution >= 4 is 26.0 Å². The number of hydrogen-bond donors (Lipinski definition) is 1. The van der Waals surface area contributed by atoms with Crippen molar-refractivity contribution in [3.8, 4) is 0 Å². The van der Waals surface area contributed by atoms with Crippen molar-refractivity contribution in [2.45, 2.75) is 43.7 Å². The number of halogens is 1. The van der Waals surface area contributed by atoms with E-state index in [1.54, 1.807) is 18.2 Å². The molecule has 1 heterocycles. The van der Waals surface area contributed by atoms with Crippen LogP contribution in [-0.2, 0) is 14.8 Å². The van der Waals surface area contributed by atoms with Crippen LogP contribution in [0.5, 0.6) is 0 Å². The van der Waals surface area contributed by atoms with Crippen LogP contribution in [0.15, 0.2) is 27.6 Å². The summed E-state index contributed by atoms with van der Waals surface area (Å²) < 4.78 is 33.7. The summed E-state index contributed by atoms with van der Waals surface area (Å²) in [5.74, 6) is 0. The van der Waals surface area contributed by atoms with Crippen molar-refractivity contribution in [3.05, 3.63) is 28.2 Å². The van der Waals surface area contributed by atoms with Crippen LogP contribution in [0.2, 0.25) is 0 Å². The third-order valence-electron chi connectivity index (χ3n) is 3.30. The molecule has 19 heavy (non-hydrogen) atoms. The maximum atomic E-state index is 12.3. The normalized spacial score (nSPS) is 21.5. The van der Waals surface area contributed by atoms with Crippen LogP contribution in [0.1, 0.15) is 25.3 Å². The van der Waals surface area contributed by atoms with E-state index >= 15 is 0 Å². The number of rotatable bonds is 4. The van der Waals surface area contributed by atoms with Gasteiger partial charge in [0.25, 0.3) is 0 Å².